The number of hydrogen-bond acceptors (Lipinski definition) is 5. The molecule has 0 fully saturated rings. The van der Waals surface area contributed by atoms with Crippen LogP contribution in [0.4, 0.5) is 4.79 Å². The van der Waals surface area contributed by atoms with Crippen LogP contribution >= 0.6 is 0 Å². The highest BCUT2D eigenvalue weighted by Gasteiger charge is 1.94. The molecule has 4 N–H and O–H groups in total. The lowest BCUT2D eigenvalue weighted by Gasteiger charge is -1.99. The summed E-state index contributed by atoms with van der Waals surface area (Å²) in [6.45, 7) is 0.223. The van der Waals surface area contributed by atoms with E-state index in [-0.39, 0.29) is 26.4 Å². The summed E-state index contributed by atoms with van der Waals surface area (Å²) >= 11 is 0. The molecule has 0 bridgehead atoms. The zero-order valence-electron chi connectivity index (χ0n) is 8.76. The van der Waals surface area contributed by atoms with E-state index in [1.165, 1.54) is 0 Å². The third-order valence-electron chi connectivity index (χ3n) is 1.38. The molecule has 15 heavy (non-hydrogen) atoms. The van der Waals surface area contributed by atoms with Gasteiger partial charge in [-0.25, -0.2) is 4.79 Å². The Labute approximate surface area is 89.1 Å². The lowest BCUT2D eigenvalue weighted by atomic mass is 10.2. The molecule has 0 heterocycles. The summed E-state index contributed by atoms with van der Waals surface area (Å²) in [7, 11) is 0. The minimum atomic E-state index is -1.22. The normalized spacial score (nSPS) is 9.00. The summed E-state index contributed by atoms with van der Waals surface area (Å²) in [5, 5.41) is 31.7. The fourth-order valence-corrected chi connectivity index (χ4v) is 0.727. The van der Waals surface area contributed by atoms with Crippen molar-refractivity contribution >= 4 is 6.16 Å². The van der Waals surface area contributed by atoms with Crippen LogP contribution in [0.5, 0.6) is 0 Å². The first kappa shape index (κ1) is 16.6. The van der Waals surface area contributed by atoms with Gasteiger partial charge in [-0.3, -0.25) is 0 Å². The largest absolute Gasteiger partial charge is 0.505 e. The second kappa shape index (κ2) is 15.6. The van der Waals surface area contributed by atoms with Crippen molar-refractivity contribution in [2.24, 2.45) is 0 Å². The van der Waals surface area contributed by atoms with E-state index in [1.54, 1.807) is 0 Å². The summed E-state index contributed by atoms with van der Waals surface area (Å²) in [5.74, 6) is 0. The van der Waals surface area contributed by atoms with Crippen molar-refractivity contribution < 1.29 is 30.0 Å². The standard InChI is InChI=1S/C7H14O4.C2H6O2/c8-5-3-1-2-4-6-11-7(9)10;3-1-2-4/h8H,1-6H2,(H,9,10);3-4H,1-2H2. The molecule has 0 rings (SSSR count). The SMILES string of the molecule is O=C(O)OCCCCCCO.OCCO. The number of ether oxygens (including phenoxy) is 1. The predicted octanol–water partition coefficient (Wildman–Crippen LogP) is 0.205. The zero-order chi connectivity index (χ0) is 11.9. The number of carbonyl (C=O) groups is 1. The van der Waals surface area contributed by atoms with Gasteiger partial charge in [-0.2, -0.15) is 0 Å². The predicted molar refractivity (Wildman–Crippen MR) is 53.7 cm³/mol. The number of unbranched alkanes of at least 4 members (excludes halogenated alkanes) is 3. The number of hydrogen-bond donors (Lipinski definition) is 4. The van der Waals surface area contributed by atoms with Gasteiger partial charge in [-0.15, -0.1) is 0 Å². The molecule has 0 aliphatic heterocycles. The highest BCUT2D eigenvalue weighted by Crippen LogP contribution is 1.98. The second-order valence-corrected chi connectivity index (χ2v) is 2.70. The molecular weight excluding hydrogens is 204 g/mol. The first-order chi connectivity index (χ1) is 7.18. The van der Waals surface area contributed by atoms with E-state index in [9.17, 15) is 4.79 Å². The quantitative estimate of drug-likeness (QED) is 0.363. The monoisotopic (exact) mass is 224 g/mol. The molecule has 0 saturated carbocycles. The molecule has 6 nitrogen and oxygen atoms in total. The molecule has 0 aromatic carbocycles. The van der Waals surface area contributed by atoms with Crippen LogP contribution in [-0.4, -0.2) is 53.0 Å². The Morgan fingerprint density at radius 2 is 1.40 bits per heavy atom. The summed E-state index contributed by atoms with van der Waals surface area (Å²) in [5.41, 5.74) is 0. The second-order valence-electron chi connectivity index (χ2n) is 2.70. The number of aliphatic hydroxyl groups is 3. The van der Waals surface area contributed by atoms with E-state index in [1.807, 2.05) is 0 Å². The summed E-state index contributed by atoms with van der Waals surface area (Å²) in [6.07, 6.45) is 2.15. The van der Waals surface area contributed by atoms with Gasteiger partial charge in [-0.1, -0.05) is 6.42 Å². The van der Waals surface area contributed by atoms with E-state index < -0.39 is 6.16 Å². The first-order valence-corrected chi connectivity index (χ1v) is 4.87. The third-order valence-corrected chi connectivity index (χ3v) is 1.38. The molecular formula is C9H20O6. The van der Waals surface area contributed by atoms with Crippen molar-refractivity contribution in [3.63, 3.8) is 0 Å². The van der Waals surface area contributed by atoms with Crippen LogP contribution in [-0.2, 0) is 4.74 Å². The number of carboxylic acid groups (broad SMARTS) is 1. The molecule has 0 unspecified atom stereocenters. The van der Waals surface area contributed by atoms with Gasteiger partial charge in [0.15, 0.2) is 0 Å². The molecule has 0 aromatic rings. The lowest BCUT2D eigenvalue weighted by molar-refractivity contribution is 0.0898. The molecule has 0 aliphatic carbocycles. The van der Waals surface area contributed by atoms with Gasteiger partial charge >= 0.3 is 6.16 Å². The van der Waals surface area contributed by atoms with Crippen LogP contribution in [0.2, 0.25) is 0 Å². The van der Waals surface area contributed by atoms with Gasteiger partial charge in [0.1, 0.15) is 0 Å². The van der Waals surface area contributed by atoms with Gasteiger partial charge in [0, 0.05) is 6.61 Å². The number of rotatable bonds is 7. The smallest absolute Gasteiger partial charge is 0.450 e. The Hall–Kier alpha value is -0.850. The van der Waals surface area contributed by atoms with Crippen molar-refractivity contribution in [2.75, 3.05) is 26.4 Å². The van der Waals surface area contributed by atoms with Crippen molar-refractivity contribution in [2.45, 2.75) is 25.7 Å². The zero-order valence-corrected chi connectivity index (χ0v) is 8.76. The maximum atomic E-state index is 9.83. The van der Waals surface area contributed by atoms with Crippen molar-refractivity contribution in [3.05, 3.63) is 0 Å². The van der Waals surface area contributed by atoms with Gasteiger partial charge in [0.25, 0.3) is 0 Å². The molecule has 0 atom stereocenters. The van der Waals surface area contributed by atoms with Crippen LogP contribution in [0.15, 0.2) is 0 Å². The van der Waals surface area contributed by atoms with E-state index in [0.717, 1.165) is 25.7 Å². The average Bonchev–Trinajstić information content (AvgIpc) is 2.23. The molecule has 0 aromatic heterocycles. The van der Waals surface area contributed by atoms with Crippen molar-refractivity contribution in [1.29, 1.82) is 0 Å². The Kier molecular flexibility index (Phi) is 17.3. The Morgan fingerprint density at radius 1 is 0.867 bits per heavy atom. The van der Waals surface area contributed by atoms with Crippen molar-refractivity contribution in [1.82, 2.24) is 0 Å². The van der Waals surface area contributed by atoms with Crippen molar-refractivity contribution in [3.8, 4) is 0 Å². The molecule has 0 radical (unpaired) electrons. The first-order valence-electron chi connectivity index (χ1n) is 4.87. The molecule has 0 aliphatic rings. The highest BCUT2D eigenvalue weighted by atomic mass is 16.7. The van der Waals surface area contributed by atoms with Crippen LogP contribution in [0, 0.1) is 0 Å². The molecule has 0 spiro atoms. The van der Waals surface area contributed by atoms with E-state index >= 15 is 0 Å². The minimum Gasteiger partial charge on any atom is -0.450 e. The summed E-state index contributed by atoms with van der Waals surface area (Å²) in [4.78, 5) is 9.83. The maximum Gasteiger partial charge on any atom is 0.505 e. The molecule has 0 amide bonds. The van der Waals surface area contributed by atoms with Crippen LogP contribution in [0.25, 0.3) is 0 Å². The fraction of sp³-hybridized carbons (Fsp3) is 0.889. The summed E-state index contributed by atoms with van der Waals surface area (Å²) < 4.78 is 4.28. The van der Waals surface area contributed by atoms with Crippen LogP contribution < -0.4 is 0 Å². The average molecular weight is 224 g/mol. The van der Waals surface area contributed by atoms with Gasteiger partial charge in [0.05, 0.1) is 19.8 Å². The van der Waals surface area contributed by atoms with Gasteiger partial charge < -0.3 is 25.2 Å². The lowest BCUT2D eigenvalue weighted by Crippen LogP contribution is -2.01. The third kappa shape index (κ3) is 24.6. The van der Waals surface area contributed by atoms with Crippen LogP contribution in [0.3, 0.4) is 0 Å². The summed E-state index contributed by atoms with van der Waals surface area (Å²) in [6, 6.07) is 0. The van der Waals surface area contributed by atoms with Gasteiger partial charge in [0.2, 0.25) is 0 Å². The maximum absolute atomic E-state index is 9.83. The van der Waals surface area contributed by atoms with Crippen LogP contribution in [0.1, 0.15) is 25.7 Å². The Bertz CT molecular complexity index is 126. The fourth-order valence-electron chi connectivity index (χ4n) is 0.727. The van der Waals surface area contributed by atoms with E-state index in [0.29, 0.717) is 0 Å². The molecule has 92 valence electrons. The Balaban J connectivity index is 0. The van der Waals surface area contributed by atoms with Gasteiger partial charge in [-0.05, 0) is 19.3 Å². The Morgan fingerprint density at radius 3 is 1.80 bits per heavy atom. The highest BCUT2D eigenvalue weighted by molar-refractivity contribution is 5.56. The number of aliphatic hydroxyl groups excluding tert-OH is 3. The van der Waals surface area contributed by atoms with E-state index in [2.05, 4.69) is 4.74 Å². The topological polar surface area (TPSA) is 107 Å². The van der Waals surface area contributed by atoms with E-state index in [4.69, 9.17) is 20.4 Å². The molecule has 6 heteroatoms. The minimum absolute atomic E-state index is 0.125. The molecule has 0 saturated heterocycles.